The zero-order valence-electron chi connectivity index (χ0n) is 12.6. The lowest BCUT2D eigenvalue weighted by atomic mass is 10.2. The summed E-state index contributed by atoms with van der Waals surface area (Å²) in [7, 11) is -2.67. The van der Waals surface area contributed by atoms with Crippen LogP contribution in [0, 0.1) is 22.9 Å². The molecule has 0 spiro atoms. The summed E-state index contributed by atoms with van der Waals surface area (Å²) in [5, 5.41) is 11.0. The summed E-state index contributed by atoms with van der Waals surface area (Å²) in [5.74, 6) is -0.510. The molecule has 2 aromatic carbocycles. The van der Waals surface area contributed by atoms with Gasteiger partial charge in [0.05, 0.1) is 9.82 Å². The lowest BCUT2D eigenvalue weighted by Crippen LogP contribution is -2.27. The van der Waals surface area contributed by atoms with Gasteiger partial charge in [0, 0.05) is 30.8 Å². The van der Waals surface area contributed by atoms with Crippen LogP contribution in [0.1, 0.15) is 11.1 Å². The number of hydrogen-bond acceptors (Lipinski definition) is 4. The predicted molar refractivity (Wildman–Crippen MR) is 82.9 cm³/mol. The van der Waals surface area contributed by atoms with Gasteiger partial charge in [0.1, 0.15) is 5.82 Å². The van der Waals surface area contributed by atoms with Crippen LogP contribution in [0.4, 0.5) is 10.1 Å². The van der Waals surface area contributed by atoms with Crippen LogP contribution in [0.5, 0.6) is 0 Å². The van der Waals surface area contributed by atoms with Gasteiger partial charge in [-0.05, 0) is 19.1 Å². The van der Waals surface area contributed by atoms with Crippen LogP contribution >= 0.6 is 0 Å². The Morgan fingerprint density at radius 2 is 1.87 bits per heavy atom. The van der Waals surface area contributed by atoms with Crippen LogP contribution < -0.4 is 0 Å². The molecule has 122 valence electrons. The fourth-order valence-corrected chi connectivity index (χ4v) is 3.25. The zero-order valence-corrected chi connectivity index (χ0v) is 13.4. The second kappa shape index (κ2) is 6.43. The molecule has 0 amide bonds. The van der Waals surface area contributed by atoms with Crippen molar-refractivity contribution in [3.05, 3.63) is 69.5 Å². The van der Waals surface area contributed by atoms with Gasteiger partial charge in [-0.15, -0.1) is 0 Å². The highest BCUT2D eigenvalue weighted by Crippen LogP contribution is 2.25. The molecule has 0 bridgehead atoms. The van der Waals surface area contributed by atoms with Crippen LogP contribution in [-0.2, 0) is 16.6 Å². The number of benzene rings is 2. The third-order valence-corrected chi connectivity index (χ3v) is 5.24. The SMILES string of the molecule is Cc1ccc(S(=O)(=O)N(C)Cc2ccccc2F)cc1[N+](=O)[O-]. The normalized spacial score (nSPS) is 11.7. The topological polar surface area (TPSA) is 80.5 Å². The zero-order chi connectivity index (χ0) is 17.2. The molecule has 0 radical (unpaired) electrons. The van der Waals surface area contributed by atoms with Gasteiger partial charge in [0.25, 0.3) is 5.69 Å². The highest BCUT2D eigenvalue weighted by Gasteiger charge is 2.24. The molecule has 0 aliphatic rings. The molecule has 2 aromatic rings. The first-order chi connectivity index (χ1) is 10.7. The average molecular weight is 338 g/mol. The van der Waals surface area contributed by atoms with E-state index in [2.05, 4.69) is 0 Å². The van der Waals surface area contributed by atoms with Crippen molar-refractivity contribution in [1.82, 2.24) is 4.31 Å². The van der Waals surface area contributed by atoms with Gasteiger partial charge < -0.3 is 0 Å². The molecular formula is C15H15FN2O4S. The molecule has 0 aliphatic heterocycles. The minimum absolute atomic E-state index is 0.170. The van der Waals surface area contributed by atoms with E-state index in [4.69, 9.17) is 0 Å². The largest absolute Gasteiger partial charge is 0.273 e. The molecule has 0 fully saturated rings. The number of nitro benzene ring substituents is 1. The van der Waals surface area contributed by atoms with Gasteiger partial charge in [0.15, 0.2) is 0 Å². The van der Waals surface area contributed by atoms with Crippen molar-refractivity contribution in [2.75, 3.05) is 7.05 Å². The molecule has 0 N–H and O–H groups in total. The maximum Gasteiger partial charge on any atom is 0.273 e. The lowest BCUT2D eigenvalue weighted by Gasteiger charge is -2.17. The first-order valence-corrected chi connectivity index (χ1v) is 8.12. The number of aryl methyl sites for hydroxylation is 1. The third kappa shape index (κ3) is 3.54. The van der Waals surface area contributed by atoms with Gasteiger partial charge in [-0.25, -0.2) is 12.8 Å². The molecule has 0 unspecified atom stereocenters. The number of hydrogen-bond donors (Lipinski definition) is 0. The number of rotatable bonds is 5. The van der Waals surface area contributed by atoms with Crippen molar-refractivity contribution in [2.45, 2.75) is 18.4 Å². The number of sulfonamides is 1. The maximum absolute atomic E-state index is 13.7. The molecule has 23 heavy (non-hydrogen) atoms. The average Bonchev–Trinajstić information content (AvgIpc) is 2.49. The Kier molecular flexibility index (Phi) is 4.76. The van der Waals surface area contributed by atoms with Crippen LogP contribution in [0.2, 0.25) is 0 Å². The summed E-state index contributed by atoms with van der Waals surface area (Å²) in [6, 6.07) is 9.54. The molecule has 0 aliphatic carbocycles. The van der Waals surface area contributed by atoms with Crippen molar-refractivity contribution in [3.8, 4) is 0 Å². The Balaban J connectivity index is 2.36. The molecule has 0 saturated heterocycles. The van der Waals surface area contributed by atoms with E-state index >= 15 is 0 Å². The standard InChI is InChI=1S/C15H15FN2O4S/c1-11-7-8-13(9-15(11)18(19)20)23(21,22)17(2)10-12-5-3-4-6-14(12)16/h3-9H,10H2,1-2H3. The minimum Gasteiger partial charge on any atom is -0.258 e. The van der Waals surface area contributed by atoms with E-state index in [0.717, 1.165) is 10.4 Å². The van der Waals surface area contributed by atoms with Crippen LogP contribution in [0.3, 0.4) is 0 Å². The quantitative estimate of drug-likeness (QED) is 0.620. The highest BCUT2D eigenvalue weighted by molar-refractivity contribution is 7.89. The Hall–Kier alpha value is -2.32. The fraction of sp³-hybridized carbons (Fsp3) is 0.200. The molecule has 2 rings (SSSR count). The number of halogens is 1. The van der Waals surface area contributed by atoms with Crippen molar-refractivity contribution >= 4 is 15.7 Å². The van der Waals surface area contributed by atoms with Gasteiger partial charge in [-0.3, -0.25) is 10.1 Å². The van der Waals surface area contributed by atoms with Gasteiger partial charge in [-0.1, -0.05) is 24.3 Å². The fourth-order valence-electron chi connectivity index (χ4n) is 2.08. The van der Waals surface area contributed by atoms with E-state index < -0.39 is 20.8 Å². The first kappa shape index (κ1) is 17.0. The molecule has 0 saturated carbocycles. The third-order valence-electron chi connectivity index (χ3n) is 3.44. The summed E-state index contributed by atoms with van der Waals surface area (Å²) < 4.78 is 39.6. The van der Waals surface area contributed by atoms with Gasteiger partial charge >= 0.3 is 0 Å². The van der Waals surface area contributed by atoms with Crippen LogP contribution in [0.25, 0.3) is 0 Å². The number of nitrogens with zero attached hydrogens (tertiary/aromatic N) is 2. The van der Waals surface area contributed by atoms with Gasteiger partial charge in [-0.2, -0.15) is 4.31 Å². The van der Waals surface area contributed by atoms with Crippen molar-refractivity contribution in [2.24, 2.45) is 0 Å². The predicted octanol–water partition coefficient (Wildman–Crippen LogP) is 2.86. The highest BCUT2D eigenvalue weighted by atomic mass is 32.2. The van der Waals surface area contributed by atoms with E-state index in [9.17, 15) is 22.9 Å². The summed E-state index contributed by atoms with van der Waals surface area (Å²) in [5.41, 5.74) is 0.316. The Labute approximate surface area is 133 Å². The van der Waals surface area contributed by atoms with Crippen molar-refractivity contribution < 1.29 is 17.7 Å². The second-order valence-electron chi connectivity index (χ2n) is 5.06. The smallest absolute Gasteiger partial charge is 0.258 e. The minimum atomic E-state index is -3.96. The van der Waals surface area contributed by atoms with Crippen molar-refractivity contribution in [1.29, 1.82) is 0 Å². The Morgan fingerprint density at radius 1 is 1.22 bits per heavy atom. The summed E-state index contributed by atoms with van der Waals surface area (Å²) in [4.78, 5) is 10.1. The Morgan fingerprint density at radius 3 is 2.48 bits per heavy atom. The van der Waals surface area contributed by atoms with E-state index in [1.54, 1.807) is 6.07 Å². The molecule has 6 nitrogen and oxygen atoms in total. The summed E-state index contributed by atoms with van der Waals surface area (Å²) in [6.07, 6.45) is 0. The maximum atomic E-state index is 13.7. The lowest BCUT2D eigenvalue weighted by molar-refractivity contribution is -0.385. The molecule has 0 atom stereocenters. The van der Waals surface area contributed by atoms with Crippen molar-refractivity contribution in [3.63, 3.8) is 0 Å². The molecule has 0 aromatic heterocycles. The van der Waals surface area contributed by atoms with E-state index in [-0.39, 0.29) is 22.7 Å². The molecule has 8 heteroatoms. The Bertz CT molecular complexity index is 852. The summed E-state index contributed by atoms with van der Waals surface area (Å²) >= 11 is 0. The summed E-state index contributed by atoms with van der Waals surface area (Å²) in [6.45, 7) is 1.36. The van der Waals surface area contributed by atoms with Crippen LogP contribution in [-0.4, -0.2) is 24.7 Å². The van der Waals surface area contributed by atoms with E-state index in [1.165, 1.54) is 44.3 Å². The first-order valence-electron chi connectivity index (χ1n) is 6.68. The second-order valence-corrected chi connectivity index (χ2v) is 7.10. The van der Waals surface area contributed by atoms with Gasteiger partial charge in [0.2, 0.25) is 10.0 Å². The monoisotopic (exact) mass is 338 g/mol. The molecule has 0 heterocycles. The molecular weight excluding hydrogens is 323 g/mol. The van der Waals surface area contributed by atoms with E-state index in [0.29, 0.717) is 5.56 Å². The number of nitro groups is 1. The van der Waals surface area contributed by atoms with Crippen LogP contribution in [0.15, 0.2) is 47.4 Å². The van der Waals surface area contributed by atoms with E-state index in [1.807, 2.05) is 0 Å².